The molecule has 1 aliphatic heterocycles. The van der Waals surface area contributed by atoms with Gasteiger partial charge >= 0.3 is 0 Å². The number of fused-ring (bicyclic) bond motifs is 1. The van der Waals surface area contributed by atoms with Gasteiger partial charge in [0.1, 0.15) is 5.75 Å². The molecule has 1 aliphatic carbocycles. The Kier molecular flexibility index (Phi) is 7.16. The summed E-state index contributed by atoms with van der Waals surface area (Å²) in [5.41, 5.74) is 3.23. The second-order valence-corrected chi connectivity index (χ2v) is 10.7. The quantitative estimate of drug-likeness (QED) is 0.693. The lowest BCUT2D eigenvalue weighted by Gasteiger charge is -2.20. The first kappa shape index (κ1) is 22.8. The maximum atomic E-state index is 12.9. The van der Waals surface area contributed by atoms with Gasteiger partial charge in [-0.2, -0.15) is 4.31 Å². The summed E-state index contributed by atoms with van der Waals surface area (Å²) in [5.74, 6) is 0.429. The van der Waals surface area contributed by atoms with Crippen LogP contribution in [0.4, 0.5) is 5.69 Å². The van der Waals surface area contributed by atoms with E-state index < -0.39 is 16.1 Å². The Balaban J connectivity index is 1.37. The van der Waals surface area contributed by atoms with Gasteiger partial charge in [0.05, 0.1) is 4.90 Å². The van der Waals surface area contributed by atoms with Gasteiger partial charge in [0.15, 0.2) is 6.10 Å². The second-order valence-electron chi connectivity index (χ2n) is 8.73. The minimum atomic E-state index is -3.50. The maximum absolute atomic E-state index is 12.9. The van der Waals surface area contributed by atoms with Crippen molar-refractivity contribution in [3.63, 3.8) is 0 Å². The van der Waals surface area contributed by atoms with Crippen LogP contribution in [0.1, 0.15) is 56.6 Å². The zero-order valence-electron chi connectivity index (χ0n) is 18.7. The van der Waals surface area contributed by atoms with Crippen LogP contribution in [0.5, 0.6) is 5.75 Å². The van der Waals surface area contributed by atoms with E-state index in [1.807, 2.05) is 12.1 Å². The number of nitrogens with zero attached hydrogens (tertiary/aromatic N) is 1. The van der Waals surface area contributed by atoms with Crippen molar-refractivity contribution < 1.29 is 17.9 Å². The van der Waals surface area contributed by atoms with E-state index in [-0.39, 0.29) is 10.8 Å². The third-order valence-electron chi connectivity index (χ3n) is 6.33. The predicted octanol–water partition coefficient (Wildman–Crippen LogP) is 4.54. The molecule has 1 amide bonds. The first-order valence-corrected chi connectivity index (χ1v) is 13.1. The van der Waals surface area contributed by atoms with E-state index in [1.54, 1.807) is 35.5 Å². The van der Waals surface area contributed by atoms with Gasteiger partial charge in [-0.1, -0.05) is 18.9 Å². The normalized spacial score (nSPS) is 18.3. The summed E-state index contributed by atoms with van der Waals surface area (Å²) in [6.45, 7) is 2.85. The molecule has 0 radical (unpaired) electrons. The molecule has 0 aromatic heterocycles. The van der Waals surface area contributed by atoms with E-state index in [2.05, 4.69) is 11.4 Å². The SMILES string of the molecule is C[C@H](Oc1ccc2c(c1)CCCC2)C(=O)Nc1ccc(S(=O)(=O)N2CCCCCC2)cc1. The van der Waals surface area contributed by atoms with E-state index >= 15 is 0 Å². The molecule has 1 N–H and O–H groups in total. The fraction of sp³-hybridized carbons (Fsp3) is 0.480. The summed E-state index contributed by atoms with van der Waals surface area (Å²) in [6.07, 6.45) is 7.85. The monoisotopic (exact) mass is 456 g/mol. The number of aryl methyl sites for hydroxylation is 2. The smallest absolute Gasteiger partial charge is 0.265 e. The molecule has 0 unspecified atom stereocenters. The first-order chi connectivity index (χ1) is 15.4. The minimum absolute atomic E-state index is 0.260. The summed E-state index contributed by atoms with van der Waals surface area (Å²) in [4.78, 5) is 12.9. The third kappa shape index (κ3) is 5.33. The van der Waals surface area contributed by atoms with Crippen LogP contribution >= 0.6 is 0 Å². The summed E-state index contributed by atoms with van der Waals surface area (Å²) >= 11 is 0. The van der Waals surface area contributed by atoms with E-state index in [0.717, 1.165) is 38.5 Å². The highest BCUT2D eigenvalue weighted by Gasteiger charge is 2.25. The van der Waals surface area contributed by atoms with Crippen molar-refractivity contribution in [3.8, 4) is 5.75 Å². The summed E-state index contributed by atoms with van der Waals surface area (Å²) in [5, 5.41) is 2.82. The Morgan fingerprint density at radius 1 is 0.906 bits per heavy atom. The van der Waals surface area contributed by atoms with Gasteiger partial charge in [-0.3, -0.25) is 4.79 Å². The van der Waals surface area contributed by atoms with Gasteiger partial charge in [0, 0.05) is 18.8 Å². The zero-order valence-corrected chi connectivity index (χ0v) is 19.5. The molecule has 4 rings (SSSR count). The van der Waals surface area contributed by atoms with Crippen LogP contribution in [0.15, 0.2) is 47.4 Å². The Labute approximate surface area is 191 Å². The molecule has 0 spiro atoms. The van der Waals surface area contributed by atoms with Crippen LogP contribution in [0.25, 0.3) is 0 Å². The molecule has 6 nitrogen and oxygen atoms in total. The Bertz CT molecular complexity index is 1040. The van der Waals surface area contributed by atoms with E-state index in [1.165, 1.54) is 24.0 Å². The molecule has 7 heteroatoms. The number of rotatable bonds is 6. The zero-order chi connectivity index (χ0) is 22.6. The molecule has 1 atom stereocenters. The second kappa shape index (κ2) is 10.0. The number of sulfonamides is 1. The van der Waals surface area contributed by atoms with Crippen molar-refractivity contribution in [3.05, 3.63) is 53.6 Å². The van der Waals surface area contributed by atoms with E-state index in [0.29, 0.717) is 24.5 Å². The number of carbonyl (C=O) groups is 1. The topological polar surface area (TPSA) is 75.7 Å². The number of amides is 1. The van der Waals surface area contributed by atoms with Gasteiger partial charge in [-0.15, -0.1) is 0 Å². The third-order valence-corrected chi connectivity index (χ3v) is 8.24. The molecule has 172 valence electrons. The summed E-state index contributed by atoms with van der Waals surface area (Å²) in [7, 11) is -3.50. The van der Waals surface area contributed by atoms with Crippen molar-refractivity contribution >= 4 is 21.6 Å². The van der Waals surface area contributed by atoms with Gasteiger partial charge in [-0.25, -0.2) is 8.42 Å². The number of benzene rings is 2. The minimum Gasteiger partial charge on any atom is -0.481 e. The highest BCUT2D eigenvalue weighted by molar-refractivity contribution is 7.89. The van der Waals surface area contributed by atoms with E-state index in [4.69, 9.17) is 4.74 Å². The molecule has 0 bridgehead atoms. The number of nitrogens with one attached hydrogen (secondary N) is 1. The van der Waals surface area contributed by atoms with Crippen LogP contribution in [-0.2, 0) is 27.7 Å². The molecule has 1 heterocycles. The Morgan fingerprint density at radius 2 is 1.56 bits per heavy atom. The van der Waals surface area contributed by atoms with Crippen molar-refractivity contribution in [1.82, 2.24) is 4.31 Å². The fourth-order valence-corrected chi connectivity index (χ4v) is 5.94. The predicted molar refractivity (Wildman–Crippen MR) is 125 cm³/mol. The Hall–Kier alpha value is -2.38. The van der Waals surface area contributed by atoms with Crippen molar-refractivity contribution in [2.45, 2.75) is 69.3 Å². The van der Waals surface area contributed by atoms with Crippen LogP contribution in [0, 0.1) is 0 Å². The van der Waals surface area contributed by atoms with Gasteiger partial charge in [0.2, 0.25) is 10.0 Å². The number of hydrogen-bond acceptors (Lipinski definition) is 4. The number of hydrogen-bond donors (Lipinski definition) is 1. The number of anilines is 1. The fourth-order valence-electron chi connectivity index (χ4n) is 4.43. The molecular formula is C25H32N2O4S. The lowest BCUT2D eigenvalue weighted by Crippen LogP contribution is -2.32. The molecule has 2 aromatic rings. The molecule has 1 saturated heterocycles. The van der Waals surface area contributed by atoms with Gasteiger partial charge in [-0.05, 0) is 93.0 Å². The lowest BCUT2D eigenvalue weighted by molar-refractivity contribution is -0.122. The highest BCUT2D eigenvalue weighted by atomic mass is 32.2. The van der Waals surface area contributed by atoms with E-state index in [9.17, 15) is 13.2 Å². The number of carbonyl (C=O) groups excluding carboxylic acids is 1. The average Bonchev–Trinajstić information content (AvgIpc) is 3.09. The molecule has 32 heavy (non-hydrogen) atoms. The maximum Gasteiger partial charge on any atom is 0.265 e. The van der Waals surface area contributed by atoms with Crippen molar-refractivity contribution in [2.75, 3.05) is 18.4 Å². The number of ether oxygens (including phenoxy) is 1. The van der Waals surface area contributed by atoms with Gasteiger partial charge < -0.3 is 10.1 Å². The summed E-state index contributed by atoms with van der Waals surface area (Å²) in [6, 6.07) is 12.5. The first-order valence-electron chi connectivity index (χ1n) is 11.6. The van der Waals surface area contributed by atoms with Crippen molar-refractivity contribution in [2.24, 2.45) is 0 Å². The van der Waals surface area contributed by atoms with Gasteiger partial charge in [0.25, 0.3) is 5.91 Å². The molecule has 0 saturated carbocycles. The lowest BCUT2D eigenvalue weighted by atomic mass is 9.92. The van der Waals surface area contributed by atoms with Crippen LogP contribution in [-0.4, -0.2) is 37.8 Å². The molecule has 2 aliphatic rings. The summed E-state index contributed by atoms with van der Waals surface area (Å²) < 4.78 is 33.3. The highest BCUT2D eigenvalue weighted by Crippen LogP contribution is 2.26. The van der Waals surface area contributed by atoms with Crippen molar-refractivity contribution in [1.29, 1.82) is 0 Å². The van der Waals surface area contributed by atoms with Crippen LogP contribution in [0.3, 0.4) is 0 Å². The largest absolute Gasteiger partial charge is 0.481 e. The standard InChI is InChI=1S/C25H32N2O4S/c1-19(31-23-13-10-20-8-4-5-9-21(20)18-23)25(28)26-22-11-14-24(15-12-22)32(29,30)27-16-6-2-3-7-17-27/h10-15,18-19H,2-9,16-17H2,1H3,(H,26,28)/t19-/m0/s1. The Morgan fingerprint density at radius 3 is 2.25 bits per heavy atom. The molecule has 1 fully saturated rings. The van der Waals surface area contributed by atoms with Crippen LogP contribution < -0.4 is 10.1 Å². The average molecular weight is 457 g/mol. The van der Waals surface area contributed by atoms with Crippen LogP contribution in [0.2, 0.25) is 0 Å². The molecular weight excluding hydrogens is 424 g/mol. The molecule has 2 aromatic carbocycles.